The van der Waals surface area contributed by atoms with Crippen LogP contribution in [-0.4, -0.2) is 43.4 Å². The van der Waals surface area contributed by atoms with E-state index in [0.29, 0.717) is 42.4 Å². The molecule has 4 aliphatic carbocycles. The van der Waals surface area contributed by atoms with Gasteiger partial charge in [0.2, 0.25) is 0 Å². The van der Waals surface area contributed by atoms with Gasteiger partial charge < -0.3 is 5.11 Å². The molecule has 29 heavy (non-hydrogen) atoms. The standard InChI is InChI=1S/C22H33FN4O2/c1-21-8-6-16-15-7-9-22(29,12-23)10-14(15)2-3-17(16)18(21)4-5-19(21)20(28)11-27-25-13-24-26-27/h13-19,29H,2-12H2,1H3/t14-,15-,16+,17+,18-,19+,21-,22-/m0/s1. The van der Waals surface area contributed by atoms with Gasteiger partial charge in [0.1, 0.15) is 13.2 Å². The molecule has 0 aromatic carbocycles. The highest BCUT2D eigenvalue weighted by Crippen LogP contribution is 2.64. The van der Waals surface area contributed by atoms with Gasteiger partial charge in [0.05, 0.1) is 5.60 Å². The molecule has 1 N–H and O–H groups in total. The van der Waals surface area contributed by atoms with E-state index in [1.54, 1.807) is 0 Å². The Morgan fingerprint density at radius 2 is 1.97 bits per heavy atom. The topological polar surface area (TPSA) is 80.9 Å². The summed E-state index contributed by atoms with van der Waals surface area (Å²) in [5.41, 5.74) is -0.989. The Bertz CT molecular complexity index is 758. The minimum atomic E-state index is -1.07. The Morgan fingerprint density at radius 1 is 1.14 bits per heavy atom. The highest BCUT2D eigenvalue weighted by atomic mass is 19.1. The van der Waals surface area contributed by atoms with Gasteiger partial charge in [-0.05, 0) is 98.0 Å². The third kappa shape index (κ3) is 3.15. The van der Waals surface area contributed by atoms with Crippen LogP contribution in [0.25, 0.3) is 0 Å². The van der Waals surface area contributed by atoms with E-state index in [4.69, 9.17) is 0 Å². The molecular formula is C22H33FN4O2. The zero-order chi connectivity index (χ0) is 20.2. The van der Waals surface area contributed by atoms with Crippen molar-refractivity contribution in [2.24, 2.45) is 40.9 Å². The van der Waals surface area contributed by atoms with Crippen molar-refractivity contribution in [2.45, 2.75) is 76.9 Å². The Kier molecular flexibility index (Phi) is 4.80. The third-order valence-corrected chi connectivity index (χ3v) is 9.43. The smallest absolute Gasteiger partial charge is 0.162 e. The van der Waals surface area contributed by atoms with E-state index in [0.717, 1.165) is 32.1 Å². The maximum absolute atomic E-state index is 13.3. The van der Waals surface area contributed by atoms with Crippen LogP contribution in [0.15, 0.2) is 6.33 Å². The number of halogens is 1. The van der Waals surface area contributed by atoms with Crippen LogP contribution in [0, 0.1) is 40.9 Å². The molecule has 0 radical (unpaired) electrons. The van der Waals surface area contributed by atoms with Crippen molar-refractivity contribution in [3.63, 3.8) is 0 Å². The Morgan fingerprint density at radius 3 is 2.72 bits per heavy atom. The summed E-state index contributed by atoms with van der Waals surface area (Å²) in [7, 11) is 0. The van der Waals surface area contributed by atoms with Crippen LogP contribution < -0.4 is 0 Å². The van der Waals surface area contributed by atoms with Crippen LogP contribution >= 0.6 is 0 Å². The number of hydrogen-bond acceptors (Lipinski definition) is 5. The molecule has 8 atom stereocenters. The lowest BCUT2D eigenvalue weighted by molar-refractivity contribution is -0.134. The average Bonchev–Trinajstić information content (AvgIpc) is 3.34. The normalized spacial score (nSPS) is 46.6. The van der Waals surface area contributed by atoms with Gasteiger partial charge in [-0.3, -0.25) is 4.79 Å². The van der Waals surface area contributed by atoms with E-state index in [1.807, 2.05) is 0 Å². The lowest BCUT2D eigenvalue weighted by Gasteiger charge is -2.56. The van der Waals surface area contributed by atoms with Crippen molar-refractivity contribution >= 4 is 5.78 Å². The lowest BCUT2D eigenvalue weighted by Crippen LogP contribution is -2.52. The van der Waals surface area contributed by atoms with Crippen LogP contribution in [0.2, 0.25) is 0 Å². The van der Waals surface area contributed by atoms with Gasteiger partial charge >= 0.3 is 0 Å². The van der Waals surface area contributed by atoms with E-state index in [1.165, 1.54) is 24.0 Å². The summed E-state index contributed by atoms with van der Waals surface area (Å²) in [5.74, 6) is 3.47. The summed E-state index contributed by atoms with van der Waals surface area (Å²) in [6.45, 7) is 1.98. The van der Waals surface area contributed by atoms with Gasteiger partial charge in [0.15, 0.2) is 12.1 Å². The van der Waals surface area contributed by atoms with E-state index < -0.39 is 12.3 Å². The molecule has 0 unspecified atom stereocenters. The molecule has 4 fully saturated rings. The van der Waals surface area contributed by atoms with E-state index in [-0.39, 0.29) is 23.7 Å². The first-order valence-corrected chi connectivity index (χ1v) is 11.5. The summed E-state index contributed by atoms with van der Waals surface area (Å²) in [6.07, 6.45) is 10.3. The molecule has 160 valence electrons. The van der Waals surface area contributed by atoms with Crippen molar-refractivity contribution in [3.05, 3.63) is 6.33 Å². The van der Waals surface area contributed by atoms with Crippen molar-refractivity contribution in [3.8, 4) is 0 Å². The predicted molar refractivity (Wildman–Crippen MR) is 104 cm³/mol. The summed E-state index contributed by atoms with van der Waals surface area (Å²) in [4.78, 5) is 14.5. The number of aliphatic hydroxyl groups is 1. The Labute approximate surface area is 171 Å². The maximum atomic E-state index is 13.3. The van der Waals surface area contributed by atoms with E-state index in [9.17, 15) is 14.3 Å². The molecule has 7 heteroatoms. The first-order valence-electron chi connectivity index (χ1n) is 11.5. The molecule has 1 aromatic rings. The number of carbonyl (C=O) groups excluding carboxylic acids is 1. The van der Waals surface area contributed by atoms with Crippen molar-refractivity contribution in [2.75, 3.05) is 6.67 Å². The quantitative estimate of drug-likeness (QED) is 0.833. The summed E-state index contributed by atoms with van der Waals surface area (Å²) in [6, 6.07) is 0. The largest absolute Gasteiger partial charge is 0.387 e. The minimum Gasteiger partial charge on any atom is -0.387 e. The second-order valence-electron chi connectivity index (χ2n) is 10.6. The van der Waals surface area contributed by atoms with Gasteiger partial charge in [-0.1, -0.05) is 6.92 Å². The molecular weight excluding hydrogens is 371 g/mol. The molecule has 0 aliphatic heterocycles. The fourth-order valence-electron chi connectivity index (χ4n) is 8.12. The van der Waals surface area contributed by atoms with Gasteiger partial charge in [-0.15, -0.1) is 10.2 Å². The first kappa shape index (κ1) is 19.6. The number of aromatic nitrogens is 4. The van der Waals surface area contributed by atoms with Crippen molar-refractivity contribution < 1.29 is 14.3 Å². The Hall–Kier alpha value is -1.37. The highest BCUT2D eigenvalue weighted by Gasteiger charge is 2.59. The number of rotatable bonds is 4. The van der Waals surface area contributed by atoms with Crippen molar-refractivity contribution in [1.29, 1.82) is 0 Å². The fourth-order valence-corrected chi connectivity index (χ4v) is 8.12. The molecule has 0 bridgehead atoms. The molecule has 4 saturated carbocycles. The number of carbonyl (C=O) groups is 1. The van der Waals surface area contributed by atoms with E-state index in [2.05, 4.69) is 22.3 Å². The summed E-state index contributed by atoms with van der Waals surface area (Å²) < 4.78 is 13.3. The van der Waals surface area contributed by atoms with Gasteiger partial charge in [-0.2, -0.15) is 4.80 Å². The molecule has 0 spiro atoms. The van der Waals surface area contributed by atoms with Gasteiger partial charge in [-0.25, -0.2) is 4.39 Å². The summed E-state index contributed by atoms with van der Waals surface area (Å²) in [5, 5.41) is 22.1. The molecule has 4 aliphatic rings. The number of tetrazole rings is 1. The second kappa shape index (κ2) is 7.10. The van der Waals surface area contributed by atoms with Crippen LogP contribution in [0.5, 0.6) is 0 Å². The predicted octanol–water partition coefficient (Wildman–Crippen LogP) is 3.21. The zero-order valence-electron chi connectivity index (χ0n) is 17.3. The minimum absolute atomic E-state index is 0.0833. The van der Waals surface area contributed by atoms with Crippen molar-refractivity contribution in [1.82, 2.24) is 20.2 Å². The second-order valence-corrected chi connectivity index (χ2v) is 10.6. The molecule has 5 rings (SSSR count). The average molecular weight is 405 g/mol. The lowest BCUT2D eigenvalue weighted by atomic mass is 9.49. The monoisotopic (exact) mass is 404 g/mol. The number of nitrogens with zero attached hydrogens (tertiary/aromatic N) is 4. The SMILES string of the molecule is C[C@]12CC[C@H]3[C@@H](CC[C@H]4C[C@](O)(CF)CC[C@@H]43)[C@@H]1CC[C@@H]2C(=O)Cn1ncnn1. The molecule has 6 nitrogen and oxygen atoms in total. The maximum Gasteiger partial charge on any atom is 0.162 e. The highest BCUT2D eigenvalue weighted by molar-refractivity contribution is 5.81. The fraction of sp³-hybridized carbons (Fsp3) is 0.909. The van der Waals surface area contributed by atoms with Gasteiger partial charge in [0.25, 0.3) is 0 Å². The first-order chi connectivity index (χ1) is 13.9. The molecule has 1 heterocycles. The number of hydrogen-bond donors (Lipinski definition) is 1. The Balaban J connectivity index is 1.31. The number of ketones is 1. The van der Waals surface area contributed by atoms with Crippen LogP contribution in [0.3, 0.4) is 0 Å². The number of alkyl halides is 1. The third-order valence-electron chi connectivity index (χ3n) is 9.43. The molecule has 1 aromatic heterocycles. The van der Waals surface area contributed by atoms with Crippen LogP contribution in [0.4, 0.5) is 4.39 Å². The number of fused-ring (bicyclic) bond motifs is 5. The molecule has 0 amide bonds. The number of Topliss-reactive ketones (excluding diaryl/α,β-unsaturated/α-hetero) is 1. The van der Waals surface area contributed by atoms with E-state index >= 15 is 0 Å². The van der Waals surface area contributed by atoms with Crippen LogP contribution in [0.1, 0.15) is 64.7 Å². The van der Waals surface area contributed by atoms with Crippen LogP contribution in [-0.2, 0) is 11.3 Å². The van der Waals surface area contributed by atoms with Gasteiger partial charge in [0, 0.05) is 5.92 Å². The zero-order valence-corrected chi connectivity index (χ0v) is 17.3. The molecule has 0 saturated heterocycles. The summed E-state index contributed by atoms with van der Waals surface area (Å²) >= 11 is 0.